The number of benzene rings is 2. The molecule has 5 rings (SSSR count). The SMILES string of the molecule is COc1cccc(C2C3=C(CCCC3=O)Nc3nc(SCc4ccc(C)cc4)[nH]c(=O)c32)c1OC. The van der Waals surface area contributed by atoms with Gasteiger partial charge in [-0.2, -0.15) is 0 Å². The fourth-order valence-corrected chi connectivity index (χ4v) is 5.61. The number of nitrogens with one attached hydrogen (secondary N) is 2. The van der Waals surface area contributed by atoms with Crippen molar-refractivity contribution in [3.8, 4) is 11.5 Å². The van der Waals surface area contributed by atoms with Gasteiger partial charge in [0.2, 0.25) is 0 Å². The summed E-state index contributed by atoms with van der Waals surface area (Å²) in [7, 11) is 3.13. The van der Waals surface area contributed by atoms with Gasteiger partial charge in [-0.1, -0.05) is 53.7 Å². The van der Waals surface area contributed by atoms with Crippen molar-refractivity contribution in [1.29, 1.82) is 0 Å². The molecule has 2 N–H and O–H groups in total. The molecular weight excluding hydrogens is 462 g/mol. The summed E-state index contributed by atoms with van der Waals surface area (Å²) in [4.78, 5) is 34.4. The molecule has 0 bridgehead atoms. The maximum atomic E-state index is 13.5. The monoisotopic (exact) mass is 489 g/mol. The summed E-state index contributed by atoms with van der Waals surface area (Å²) in [5.41, 5.74) is 4.66. The molecule has 0 saturated carbocycles. The highest BCUT2D eigenvalue weighted by atomic mass is 32.2. The molecule has 1 atom stereocenters. The van der Waals surface area contributed by atoms with Crippen LogP contribution in [0.1, 0.15) is 47.4 Å². The van der Waals surface area contributed by atoms with Crippen molar-refractivity contribution in [3.63, 3.8) is 0 Å². The highest BCUT2D eigenvalue weighted by molar-refractivity contribution is 7.98. The second-order valence-corrected chi connectivity index (χ2v) is 9.68. The van der Waals surface area contributed by atoms with E-state index >= 15 is 0 Å². The molecule has 0 amide bonds. The Kier molecular flexibility index (Phi) is 6.38. The Labute approximate surface area is 208 Å². The number of ether oxygens (including phenoxy) is 2. The van der Waals surface area contributed by atoms with Crippen LogP contribution in [0.4, 0.5) is 5.82 Å². The van der Waals surface area contributed by atoms with E-state index in [1.54, 1.807) is 20.3 Å². The maximum Gasteiger partial charge on any atom is 0.257 e. The number of methoxy groups -OCH3 is 2. The fourth-order valence-electron chi connectivity index (χ4n) is 4.80. The summed E-state index contributed by atoms with van der Waals surface area (Å²) in [6.45, 7) is 2.05. The highest BCUT2D eigenvalue weighted by Crippen LogP contribution is 2.48. The quantitative estimate of drug-likeness (QED) is 0.374. The van der Waals surface area contributed by atoms with Crippen LogP contribution < -0.4 is 20.3 Å². The van der Waals surface area contributed by atoms with Crippen molar-refractivity contribution < 1.29 is 14.3 Å². The first kappa shape index (κ1) is 23.2. The number of rotatable bonds is 6. The number of hydrogen-bond donors (Lipinski definition) is 2. The predicted octanol–water partition coefficient (Wildman–Crippen LogP) is 4.95. The lowest BCUT2D eigenvalue weighted by Gasteiger charge is -2.33. The Morgan fingerprint density at radius 2 is 1.86 bits per heavy atom. The predicted molar refractivity (Wildman–Crippen MR) is 136 cm³/mol. The van der Waals surface area contributed by atoms with E-state index in [0.29, 0.717) is 51.3 Å². The minimum atomic E-state index is -0.591. The average Bonchev–Trinajstić information content (AvgIpc) is 2.86. The van der Waals surface area contributed by atoms with Crippen LogP contribution in [0.3, 0.4) is 0 Å². The van der Waals surface area contributed by atoms with E-state index in [4.69, 9.17) is 14.5 Å². The zero-order chi connectivity index (χ0) is 24.5. The molecule has 1 unspecified atom stereocenters. The minimum Gasteiger partial charge on any atom is -0.493 e. The van der Waals surface area contributed by atoms with Crippen molar-refractivity contribution in [2.75, 3.05) is 19.5 Å². The molecule has 8 heteroatoms. The number of ketones is 1. The molecule has 180 valence electrons. The first-order valence-corrected chi connectivity index (χ1v) is 12.6. The van der Waals surface area contributed by atoms with Gasteiger partial charge in [-0.05, 0) is 31.4 Å². The second kappa shape index (κ2) is 9.62. The van der Waals surface area contributed by atoms with Crippen LogP contribution in [-0.4, -0.2) is 30.0 Å². The normalized spacial score (nSPS) is 16.9. The Hall–Kier alpha value is -3.52. The molecule has 7 nitrogen and oxygen atoms in total. The first-order valence-electron chi connectivity index (χ1n) is 11.6. The average molecular weight is 490 g/mol. The van der Waals surface area contributed by atoms with Gasteiger partial charge in [0.25, 0.3) is 5.56 Å². The summed E-state index contributed by atoms with van der Waals surface area (Å²) in [6.07, 6.45) is 1.94. The number of allylic oxidation sites excluding steroid dienone is 2. The van der Waals surface area contributed by atoms with Crippen LogP contribution in [0, 0.1) is 6.92 Å². The Morgan fingerprint density at radius 3 is 2.60 bits per heavy atom. The molecule has 2 heterocycles. The van der Waals surface area contributed by atoms with Crippen LogP contribution in [0.25, 0.3) is 0 Å². The number of hydrogen-bond acceptors (Lipinski definition) is 7. The molecular formula is C27H27N3O4S. The number of carbonyl (C=O) groups excluding carboxylic acids is 1. The lowest BCUT2D eigenvalue weighted by molar-refractivity contribution is -0.116. The number of Topliss-reactive ketones (excluding diaryl/α,β-unsaturated/α-hetero) is 1. The topological polar surface area (TPSA) is 93.3 Å². The molecule has 0 fully saturated rings. The van der Waals surface area contributed by atoms with Crippen molar-refractivity contribution >= 4 is 23.4 Å². The third-order valence-electron chi connectivity index (χ3n) is 6.48. The summed E-state index contributed by atoms with van der Waals surface area (Å²) >= 11 is 1.47. The number of aryl methyl sites for hydroxylation is 1. The molecule has 3 aromatic rings. The van der Waals surface area contributed by atoms with Crippen LogP contribution in [-0.2, 0) is 10.5 Å². The van der Waals surface area contributed by atoms with E-state index in [9.17, 15) is 9.59 Å². The van der Waals surface area contributed by atoms with Crippen molar-refractivity contribution in [1.82, 2.24) is 9.97 Å². The number of nitrogens with zero attached hydrogens (tertiary/aromatic N) is 1. The summed E-state index contributed by atoms with van der Waals surface area (Å²) in [5.74, 6) is 1.67. The van der Waals surface area contributed by atoms with E-state index in [0.717, 1.165) is 24.1 Å². The van der Waals surface area contributed by atoms with Crippen molar-refractivity contribution in [3.05, 3.63) is 86.3 Å². The summed E-state index contributed by atoms with van der Waals surface area (Å²) < 4.78 is 11.2. The number of anilines is 1. The van der Waals surface area contributed by atoms with Gasteiger partial charge >= 0.3 is 0 Å². The van der Waals surface area contributed by atoms with Gasteiger partial charge in [0.05, 0.1) is 25.7 Å². The highest BCUT2D eigenvalue weighted by Gasteiger charge is 2.39. The van der Waals surface area contributed by atoms with E-state index in [-0.39, 0.29) is 11.3 Å². The van der Waals surface area contributed by atoms with Gasteiger partial charge in [0, 0.05) is 29.0 Å². The van der Waals surface area contributed by atoms with Crippen molar-refractivity contribution in [2.45, 2.75) is 43.0 Å². The second-order valence-electron chi connectivity index (χ2n) is 8.72. The molecule has 1 aliphatic heterocycles. The zero-order valence-electron chi connectivity index (χ0n) is 19.9. The molecule has 0 radical (unpaired) electrons. The third-order valence-corrected chi connectivity index (χ3v) is 7.42. The lowest BCUT2D eigenvalue weighted by atomic mass is 9.76. The van der Waals surface area contributed by atoms with Crippen LogP contribution in [0.5, 0.6) is 11.5 Å². The Balaban J connectivity index is 1.60. The third kappa shape index (κ3) is 4.34. The molecule has 1 aliphatic carbocycles. The molecule has 0 spiro atoms. The van der Waals surface area contributed by atoms with Gasteiger partial charge in [-0.25, -0.2) is 4.98 Å². The van der Waals surface area contributed by atoms with Crippen LogP contribution in [0.2, 0.25) is 0 Å². The van der Waals surface area contributed by atoms with E-state index < -0.39 is 5.92 Å². The smallest absolute Gasteiger partial charge is 0.257 e. The maximum absolute atomic E-state index is 13.5. The van der Waals surface area contributed by atoms with Crippen molar-refractivity contribution in [2.24, 2.45) is 0 Å². The van der Waals surface area contributed by atoms with Gasteiger partial charge < -0.3 is 19.8 Å². The molecule has 35 heavy (non-hydrogen) atoms. The summed E-state index contributed by atoms with van der Waals surface area (Å²) in [5, 5.41) is 3.86. The Morgan fingerprint density at radius 1 is 1.06 bits per heavy atom. The number of aromatic amines is 1. The lowest BCUT2D eigenvalue weighted by Crippen LogP contribution is -2.33. The molecule has 2 aliphatic rings. The Bertz CT molecular complexity index is 1380. The zero-order valence-corrected chi connectivity index (χ0v) is 20.8. The molecule has 0 saturated heterocycles. The summed E-state index contributed by atoms with van der Waals surface area (Å²) in [6, 6.07) is 13.8. The number of carbonyl (C=O) groups is 1. The van der Waals surface area contributed by atoms with Gasteiger partial charge in [0.1, 0.15) is 5.82 Å². The minimum absolute atomic E-state index is 0.0384. The van der Waals surface area contributed by atoms with Crippen LogP contribution >= 0.6 is 11.8 Å². The fraction of sp³-hybridized carbons (Fsp3) is 0.296. The van der Waals surface area contributed by atoms with Gasteiger partial charge in [0.15, 0.2) is 22.4 Å². The standard InChI is InChI=1S/C27H27N3O4S/c1-15-10-12-16(13-11-15)14-35-27-29-25-23(26(32)30-27)21(22-18(28-25)7-5-8-19(22)31)17-6-4-9-20(33-2)24(17)34-3/h4,6,9-13,21H,5,7-8,14H2,1-3H3,(H2,28,29,30,32). The number of fused-ring (bicyclic) bond motifs is 1. The van der Waals surface area contributed by atoms with Crippen LogP contribution in [0.15, 0.2) is 63.7 Å². The molecule has 1 aromatic heterocycles. The van der Waals surface area contributed by atoms with E-state index in [2.05, 4.69) is 41.5 Å². The number of aromatic nitrogens is 2. The van der Waals surface area contributed by atoms with Gasteiger partial charge in [-0.3, -0.25) is 9.59 Å². The van der Waals surface area contributed by atoms with E-state index in [1.807, 2.05) is 12.1 Å². The molecule has 2 aromatic carbocycles. The number of thioether (sulfide) groups is 1. The van der Waals surface area contributed by atoms with Gasteiger partial charge in [-0.15, -0.1) is 0 Å². The number of H-pyrrole nitrogens is 1. The largest absolute Gasteiger partial charge is 0.493 e. The van der Waals surface area contributed by atoms with E-state index in [1.165, 1.54) is 17.3 Å². The first-order chi connectivity index (χ1) is 17.0. The number of para-hydroxylation sites is 1.